The summed E-state index contributed by atoms with van der Waals surface area (Å²) in [7, 11) is 0. The number of carbonyl (C=O) groups excluding carboxylic acids is 1. The van der Waals surface area contributed by atoms with Crippen molar-refractivity contribution in [3.63, 3.8) is 0 Å². The fourth-order valence-electron chi connectivity index (χ4n) is 1.49. The lowest BCUT2D eigenvalue weighted by molar-refractivity contribution is 0.0954. The molecule has 19 heavy (non-hydrogen) atoms. The Bertz CT molecular complexity index is 606. The summed E-state index contributed by atoms with van der Waals surface area (Å²) in [6.07, 6.45) is 0. The van der Waals surface area contributed by atoms with E-state index < -0.39 is 0 Å². The van der Waals surface area contributed by atoms with Crippen LogP contribution >= 0.6 is 23.8 Å². The van der Waals surface area contributed by atoms with Gasteiger partial charge in [0, 0.05) is 12.1 Å². The predicted octanol–water partition coefficient (Wildman–Crippen LogP) is 1.41. The molecule has 1 aromatic heterocycles. The fraction of sp³-hybridized carbons (Fsp3) is 0.167. The SMILES string of the molecule is Cc1nnsc1C(=O)NCc1ccc(C(N)=S)cc1. The first kappa shape index (κ1) is 13.6. The molecule has 1 heterocycles. The molecule has 0 aliphatic rings. The van der Waals surface area contributed by atoms with Gasteiger partial charge in [0.05, 0.1) is 5.69 Å². The molecule has 0 atom stereocenters. The van der Waals surface area contributed by atoms with Crippen molar-refractivity contribution in [2.45, 2.75) is 13.5 Å². The monoisotopic (exact) mass is 292 g/mol. The first-order chi connectivity index (χ1) is 9.08. The minimum atomic E-state index is -0.161. The average molecular weight is 292 g/mol. The first-order valence-corrected chi connectivity index (χ1v) is 6.72. The highest BCUT2D eigenvalue weighted by molar-refractivity contribution is 7.80. The Morgan fingerprint density at radius 3 is 2.63 bits per heavy atom. The quantitative estimate of drug-likeness (QED) is 0.833. The Hall–Kier alpha value is -1.86. The van der Waals surface area contributed by atoms with Crippen molar-refractivity contribution < 1.29 is 4.79 Å². The van der Waals surface area contributed by atoms with Crippen LogP contribution in [0.4, 0.5) is 0 Å². The minimum Gasteiger partial charge on any atom is -0.389 e. The Labute approximate surface area is 120 Å². The molecule has 2 aromatic rings. The molecule has 1 amide bonds. The van der Waals surface area contributed by atoms with E-state index in [0.717, 1.165) is 22.7 Å². The van der Waals surface area contributed by atoms with Crippen LogP contribution in [0.3, 0.4) is 0 Å². The third-order valence-corrected chi connectivity index (χ3v) is 3.61. The maximum absolute atomic E-state index is 11.9. The number of thiocarbonyl (C=S) groups is 1. The molecule has 0 saturated carbocycles. The second kappa shape index (κ2) is 5.85. The molecule has 98 valence electrons. The number of amides is 1. The summed E-state index contributed by atoms with van der Waals surface area (Å²) in [5.41, 5.74) is 7.95. The van der Waals surface area contributed by atoms with E-state index in [1.54, 1.807) is 6.92 Å². The van der Waals surface area contributed by atoms with Gasteiger partial charge < -0.3 is 11.1 Å². The van der Waals surface area contributed by atoms with E-state index in [1.165, 1.54) is 0 Å². The first-order valence-electron chi connectivity index (χ1n) is 5.54. The van der Waals surface area contributed by atoms with Crippen LogP contribution in [0.15, 0.2) is 24.3 Å². The third kappa shape index (κ3) is 3.33. The highest BCUT2D eigenvalue weighted by Crippen LogP contribution is 2.09. The van der Waals surface area contributed by atoms with Gasteiger partial charge in [0.15, 0.2) is 0 Å². The number of nitrogens with one attached hydrogen (secondary N) is 1. The molecule has 5 nitrogen and oxygen atoms in total. The molecule has 7 heteroatoms. The Morgan fingerprint density at radius 1 is 1.42 bits per heavy atom. The third-order valence-electron chi connectivity index (χ3n) is 2.55. The topological polar surface area (TPSA) is 80.9 Å². The van der Waals surface area contributed by atoms with Crippen molar-refractivity contribution in [3.05, 3.63) is 46.0 Å². The van der Waals surface area contributed by atoms with E-state index in [2.05, 4.69) is 14.9 Å². The Morgan fingerprint density at radius 2 is 2.11 bits per heavy atom. The van der Waals surface area contributed by atoms with E-state index in [4.69, 9.17) is 18.0 Å². The minimum absolute atomic E-state index is 0.161. The normalized spacial score (nSPS) is 10.2. The molecule has 0 aliphatic carbocycles. The van der Waals surface area contributed by atoms with Gasteiger partial charge in [-0.25, -0.2) is 0 Å². The summed E-state index contributed by atoms with van der Waals surface area (Å²) in [4.78, 5) is 12.8. The molecular formula is C12H12N4OS2. The summed E-state index contributed by atoms with van der Waals surface area (Å²) < 4.78 is 3.73. The number of benzene rings is 1. The van der Waals surface area contributed by atoms with Crippen molar-refractivity contribution in [2.75, 3.05) is 0 Å². The van der Waals surface area contributed by atoms with Crippen molar-refractivity contribution in [3.8, 4) is 0 Å². The summed E-state index contributed by atoms with van der Waals surface area (Å²) in [6.45, 7) is 2.20. The van der Waals surface area contributed by atoms with Crippen LogP contribution in [0.5, 0.6) is 0 Å². The van der Waals surface area contributed by atoms with Gasteiger partial charge in [0.1, 0.15) is 9.87 Å². The maximum Gasteiger partial charge on any atom is 0.265 e. The lowest BCUT2D eigenvalue weighted by Gasteiger charge is -2.05. The molecule has 3 N–H and O–H groups in total. The molecular weight excluding hydrogens is 280 g/mol. The van der Waals surface area contributed by atoms with Gasteiger partial charge in [-0.2, -0.15) is 0 Å². The molecule has 0 aliphatic heterocycles. The van der Waals surface area contributed by atoms with Crippen LogP contribution < -0.4 is 11.1 Å². The Kier molecular flexibility index (Phi) is 4.18. The molecule has 0 radical (unpaired) electrons. The number of nitrogens with two attached hydrogens (primary N) is 1. The molecule has 0 bridgehead atoms. The molecule has 0 unspecified atom stereocenters. The maximum atomic E-state index is 11.9. The zero-order valence-electron chi connectivity index (χ0n) is 10.2. The number of nitrogens with zero attached hydrogens (tertiary/aromatic N) is 2. The molecule has 0 spiro atoms. The zero-order chi connectivity index (χ0) is 13.8. The molecule has 0 fully saturated rings. The number of aryl methyl sites for hydroxylation is 1. The summed E-state index contributed by atoms with van der Waals surface area (Å²) >= 11 is 5.97. The standard InChI is InChI=1S/C12H12N4OS2/c1-7-10(19-16-15-7)12(17)14-6-8-2-4-9(5-3-8)11(13)18/h2-5H,6H2,1H3,(H2,13,18)(H,14,17). The number of hydrogen-bond donors (Lipinski definition) is 2. The van der Waals surface area contributed by atoms with E-state index in [9.17, 15) is 4.79 Å². The van der Waals surface area contributed by atoms with Crippen molar-refractivity contribution >= 4 is 34.6 Å². The molecule has 0 saturated heterocycles. The summed E-state index contributed by atoms with van der Waals surface area (Å²) in [6, 6.07) is 7.44. The van der Waals surface area contributed by atoms with E-state index in [-0.39, 0.29) is 5.91 Å². The van der Waals surface area contributed by atoms with Gasteiger partial charge in [-0.15, -0.1) is 5.10 Å². The van der Waals surface area contributed by atoms with E-state index in [1.807, 2.05) is 24.3 Å². The van der Waals surface area contributed by atoms with Gasteiger partial charge in [-0.05, 0) is 24.0 Å². The van der Waals surface area contributed by atoms with Crippen LogP contribution in [-0.4, -0.2) is 20.5 Å². The fourth-order valence-corrected chi connectivity index (χ4v) is 2.20. The number of hydrogen-bond acceptors (Lipinski definition) is 5. The van der Waals surface area contributed by atoms with Crippen molar-refractivity contribution in [2.24, 2.45) is 5.73 Å². The van der Waals surface area contributed by atoms with E-state index >= 15 is 0 Å². The smallest absolute Gasteiger partial charge is 0.265 e. The molecule has 2 rings (SSSR count). The van der Waals surface area contributed by atoms with Crippen molar-refractivity contribution in [1.29, 1.82) is 0 Å². The number of aromatic nitrogens is 2. The highest BCUT2D eigenvalue weighted by Gasteiger charge is 2.12. The lowest BCUT2D eigenvalue weighted by Crippen LogP contribution is -2.22. The summed E-state index contributed by atoms with van der Waals surface area (Å²) in [5, 5.41) is 6.62. The summed E-state index contributed by atoms with van der Waals surface area (Å²) in [5.74, 6) is -0.161. The number of carbonyl (C=O) groups is 1. The second-order valence-electron chi connectivity index (χ2n) is 3.93. The second-order valence-corrected chi connectivity index (χ2v) is 5.13. The van der Waals surface area contributed by atoms with Crippen LogP contribution in [0, 0.1) is 6.92 Å². The van der Waals surface area contributed by atoms with E-state index in [0.29, 0.717) is 22.1 Å². The highest BCUT2D eigenvalue weighted by atomic mass is 32.1. The zero-order valence-corrected chi connectivity index (χ0v) is 11.8. The van der Waals surface area contributed by atoms with Gasteiger partial charge >= 0.3 is 0 Å². The van der Waals surface area contributed by atoms with Crippen molar-refractivity contribution in [1.82, 2.24) is 14.9 Å². The largest absolute Gasteiger partial charge is 0.389 e. The van der Waals surface area contributed by atoms with Crippen LogP contribution in [0.25, 0.3) is 0 Å². The average Bonchev–Trinajstić information content (AvgIpc) is 2.83. The molecule has 1 aromatic carbocycles. The van der Waals surface area contributed by atoms with Gasteiger partial charge in [-0.1, -0.05) is 41.0 Å². The van der Waals surface area contributed by atoms with Gasteiger partial charge in [0.2, 0.25) is 0 Å². The Balaban J connectivity index is 1.97. The van der Waals surface area contributed by atoms with Crippen LogP contribution in [-0.2, 0) is 6.54 Å². The van der Waals surface area contributed by atoms with Crippen LogP contribution in [0.1, 0.15) is 26.5 Å². The predicted molar refractivity (Wildman–Crippen MR) is 78.1 cm³/mol. The van der Waals surface area contributed by atoms with Gasteiger partial charge in [0.25, 0.3) is 5.91 Å². The van der Waals surface area contributed by atoms with Crippen LogP contribution in [0.2, 0.25) is 0 Å². The number of rotatable bonds is 4. The van der Waals surface area contributed by atoms with Gasteiger partial charge in [-0.3, -0.25) is 4.79 Å². The lowest BCUT2D eigenvalue weighted by atomic mass is 10.1.